The van der Waals surface area contributed by atoms with E-state index in [1.165, 1.54) is 17.7 Å². The first-order valence-corrected chi connectivity index (χ1v) is 19.6. The second-order valence-electron chi connectivity index (χ2n) is 14.7. The van der Waals surface area contributed by atoms with Crippen LogP contribution in [0, 0.1) is 11.7 Å². The molecule has 0 aliphatic carbocycles. The van der Waals surface area contributed by atoms with Crippen molar-refractivity contribution in [2.45, 2.75) is 18.3 Å². The Labute approximate surface area is 340 Å². The number of halogens is 3. The number of carboxylic acids is 1. The van der Waals surface area contributed by atoms with Gasteiger partial charge in [0.15, 0.2) is 17.0 Å². The summed E-state index contributed by atoms with van der Waals surface area (Å²) in [5.41, 5.74) is 4.86. The highest BCUT2D eigenvalue weighted by Gasteiger charge is 2.39. The molecule has 0 radical (unpaired) electrons. The fourth-order valence-electron chi connectivity index (χ4n) is 8.27. The molecule has 0 amide bonds. The molecular formula is C46H34Cl2FN3O6. The summed E-state index contributed by atoms with van der Waals surface area (Å²) in [6.45, 7) is 2.70. The quantitative estimate of drug-likeness (QED) is 0.170. The van der Waals surface area contributed by atoms with Crippen molar-refractivity contribution in [2.24, 2.45) is 5.92 Å². The lowest BCUT2D eigenvalue weighted by Crippen LogP contribution is -2.23. The van der Waals surface area contributed by atoms with E-state index in [0.29, 0.717) is 62.0 Å². The lowest BCUT2D eigenvalue weighted by atomic mass is 9.89. The molecule has 0 spiro atoms. The van der Waals surface area contributed by atoms with Gasteiger partial charge in [-0.1, -0.05) is 47.5 Å². The van der Waals surface area contributed by atoms with Crippen LogP contribution in [0.5, 0.6) is 0 Å². The van der Waals surface area contributed by atoms with Gasteiger partial charge in [0, 0.05) is 78.9 Å². The summed E-state index contributed by atoms with van der Waals surface area (Å²) in [7, 11) is 0. The van der Waals surface area contributed by atoms with E-state index >= 15 is 0 Å². The number of fused-ring (bicyclic) bond motifs is 4. The molecule has 3 aromatic heterocycles. The van der Waals surface area contributed by atoms with Crippen molar-refractivity contribution in [3.63, 3.8) is 0 Å². The van der Waals surface area contributed by atoms with Crippen LogP contribution in [0.2, 0.25) is 10.0 Å². The van der Waals surface area contributed by atoms with Gasteiger partial charge in [0.05, 0.1) is 32.5 Å². The summed E-state index contributed by atoms with van der Waals surface area (Å²) in [5.74, 6) is -1.65. The van der Waals surface area contributed by atoms with Crippen molar-refractivity contribution >= 4 is 84.4 Å². The van der Waals surface area contributed by atoms with Gasteiger partial charge < -0.3 is 23.7 Å². The maximum absolute atomic E-state index is 14.1. The topological polar surface area (TPSA) is 117 Å². The van der Waals surface area contributed by atoms with Crippen LogP contribution >= 0.6 is 23.2 Å². The summed E-state index contributed by atoms with van der Waals surface area (Å²) >= 11 is 12.2. The van der Waals surface area contributed by atoms with E-state index in [-0.39, 0.29) is 27.7 Å². The zero-order valence-corrected chi connectivity index (χ0v) is 32.3. The fraction of sp³-hybridized carbons (Fsp3) is 0.174. The third-order valence-electron chi connectivity index (χ3n) is 11.3. The molecule has 3 atom stereocenters. The minimum Gasteiger partial charge on any atom is -0.481 e. The zero-order chi connectivity index (χ0) is 40.1. The Morgan fingerprint density at radius 3 is 1.98 bits per heavy atom. The van der Waals surface area contributed by atoms with Gasteiger partial charge in [-0.15, -0.1) is 0 Å². The van der Waals surface area contributed by atoms with Crippen LogP contribution < -0.4 is 20.7 Å². The second-order valence-corrected chi connectivity index (χ2v) is 15.5. The van der Waals surface area contributed by atoms with Crippen molar-refractivity contribution in [2.75, 3.05) is 36.0 Å². The van der Waals surface area contributed by atoms with Crippen molar-refractivity contribution < 1.29 is 23.1 Å². The van der Waals surface area contributed by atoms with Crippen LogP contribution in [0.15, 0.2) is 140 Å². The average Bonchev–Trinajstić information content (AvgIpc) is 3.92. The Kier molecular flexibility index (Phi) is 9.83. The Morgan fingerprint density at radius 1 is 0.690 bits per heavy atom. The Balaban J connectivity index is 0.000000152. The molecule has 2 aliphatic rings. The van der Waals surface area contributed by atoms with Crippen LogP contribution in [0.1, 0.15) is 29.4 Å². The number of hydrogen-bond acceptors (Lipinski definition) is 8. The van der Waals surface area contributed by atoms with Gasteiger partial charge >= 0.3 is 5.97 Å². The third kappa shape index (κ3) is 6.92. The summed E-state index contributed by atoms with van der Waals surface area (Å²) in [4.78, 5) is 45.8. The molecule has 0 bridgehead atoms. The first-order valence-electron chi connectivity index (χ1n) is 18.8. The highest BCUT2D eigenvalue weighted by Crippen LogP contribution is 2.38. The van der Waals surface area contributed by atoms with E-state index in [4.69, 9.17) is 32.0 Å². The van der Waals surface area contributed by atoms with Gasteiger partial charge in [0.25, 0.3) is 0 Å². The minimum atomic E-state index is -0.840. The van der Waals surface area contributed by atoms with Gasteiger partial charge in [-0.3, -0.25) is 19.4 Å². The molecule has 5 heterocycles. The van der Waals surface area contributed by atoms with Gasteiger partial charge in [-0.2, -0.15) is 0 Å². The number of aliphatic carboxylic acids is 1. The lowest BCUT2D eigenvalue weighted by Gasteiger charge is -2.19. The van der Waals surface area contributed by atoms with E-state index in [2.05, 4.69) is 22.0 Å². The summed E-state index contributed by atoms with van der Waals surface area (Å²) in [5, 5.41) is 12.4. The third-order valence-corrected chi connectivity index (χ3v) is 11.8. The van der Waals surface area contributed by atoms with Crippen LogP contribution in [0.3, 0.4) is 0 Å². The minimum absolute atomic E-state index is 0.0169. The highest BCUT2D eigenvalue weighted by molar-refractivity contribution is 6.35. The molecule has 2 aliphatic heterocycles. The number of carbonyl (C=O) groups is 1. The monoisotopic (exact) mass is 813 g/mol. The Hall–Kier alpha value is -6.23. The number of hydrogen-bond donors (Lipinski definition) is 1. The highest BCUT2D eigenvalue weighted by atomic mass is 35.5. The lowest BCUT2D eigenvalue weighted by molar-refractivity contribution is -0.141. The fourth-order valence-corrected chi connectivity index (χ4v) is 8.61. The number of benzene rings is 5. The molecule has 10 rings (SSSR count). The number of nitrogens with zero attached hydrogens (tertiary/aromatic N) is 3. The summed E-state index contributed by atoms with van der Waals surface area (Å²) in [6, 6.07) is 31.8. The molecular weight excluding hydrogens is 780 g/mol. The number of anilines is 2. The maximum Gasteiger partial charge on any atom is 0.308 e. The molecule has 2 saturated heterocycles. The smallest absolute Gasteiger partial charge is 0.308 e. The van der Waals surface area contributed by atoms with Crippen LogP contribution in [0.25, 0.3) is 43.9 Å². The van der Waals surface area contributed by atoms with Gasteiger partial charge in [-0.05, 0) is 90.3 Å². The van der Waals surface area contributed by atoms with Crippen molar-refractivity contribution in [1.29, 1.82) is 0 Å². The zero-order valence-electron chi connectivity index (χ0n) is 30.8. The first kappa shape index (κ1) is 37.4. The largest absolute Gasteiger partial charge is 0.481 e. The standard InChI is InChI=1S/C24H17Cl2NO4.C22H17FN2O2/c25-14-6-4-13(5-7-14)18-11-27(12-19(18)24(29)30)15-8-9-16-21(10-15)31-23-17(22(16)28)2-1-3-20(23)26;23-19-3-1-2-18-21(26)17-5-4-16(12-20(17)27-22(18)19)25-11-8-15(13-25)14-6-9-24-10-7-14/h1-10,18-19H,11-12H2,(H,29,30);1-7,9-10,12,15H,8,11,13H2/t;15-/m.1/s1. The predicted molar refractivity (Wildman–Crippen MR) is 226 cm³/mol. The van der Waals surface area contributed by atoms with Crippen LogP contribution in [0.4, 0.5) is 15.8 Å². The van der Waals surface area contributed by atoms with E-state index in [1.807, 2.05) is 47.6 Å². The van der Waals surface area contributed by atoms with Gasteiger partial charge in [0.2, 0.25) is 10.9 Å². The van der Waals surface area contributed by atoms with E-state index < -0.39 is 17.7 Å². The Bertz CT molecular complexity index is 2990. The maximum atomic E-state index is 14.1. The number of aromatic nitrogens is 1. The second kappa shape index (κ2) is 15.3. The van der Waals surface area contributed by atoms with Crippen LogP contribution in [-0.2, 0) is 4.79 Å². The molecule has 2 fully saturated rings. The summed E-state index contributed by atoms with van der Waals surface area (Å²) in [6.07, 6.45) is 4.70. The van der Waals surface area contributed by atoms with E-state index in [0.717, 1.165) is 36.4 Å². The summed E-state index contributed by atoms with van der Waals surface area (Å²) < 4.78 is 25.8. The Morgan fingerprint density at radius 2 is 1.31 bits per heavy atom. The SMILES string of the molecule is O=C(O)C1CN(c2ccc3c(=O)c4cccc(Cl)c4oc3c2)CC1c1ccc(Cl)cc1.O=c1c2ccc(N3CC[C@@H](c4ccncc4)C3)cc2oc2c(F)cccc12. The van der Waals surface area contributed by atoms with Gasteiger partial charge in [0.1, 0.15) is 11.2 Å². The molecule has 290 valence electrons. The van der Waals surface area contributed by atoms with Crippen molar-refractivity contribution in [1.82, 2.24) is 4.98 Å². The molecule has 5 aromatic carbocycles. The molecule has 12 heteroatoms. The molecule has 58 heavy (non-hydrogen) atoms. The number of rotatable bonds is 5. The van der Waals surface area contributed by atoms with E-state index in [9.17, 15) is 23.9 Å². The average molecular weight is 815 g/mol. The number of carboxylic acid groups (broad SMARTS) is 1. The molecule has 1 N–H and O–H groups in total. The van der Waals surface area contributed by atoms with Crippen LogP contribution in [-0.4, -0.2) is 42.2 Å². The number of pyridine rings is 1. The molecule has 8 aromatic rings. The molecule has 9 nitrogen and oxygen atoms in total. The predicted octanol–water partition coefficient (Wildman–Crippen LogP) is 10.0. The molecule has 2 unspecified atom stereocenters. The van der Waals surface area contributed by atoms with Crippen molar-refractivity contribution in [3.05, 3.63) is 169 Å². The first-order chi connectivity index (χ1) is 28.1. The molecule has 0 saturated carbocycles. The van der Waals surface area contributed by atoms with Crippen molar-refractivity contribution in [3.8, 4) is 0 Å². The number of para-hydroxylation sites is 2. The van der Waals surface area contributed by atoms with E-state index in [1.54, 1.807) is 54.6 Å². The van der Waals surface area contributed by atoms with Gasteiger partial charge in [-0.25, -0.2) is 4.39 Å². The normalized spacial score (nSPS) is 17.9.